The van der Waals surface area contributed by atoms with Gasteiger partial charge in [0.15, 0.2) is 0 Å². The monoisotopic (exact) mass is 424 g/mol. The number of carbonyl (C=O) groups excluding carboxylic acids is 2. The Morgan fingerprint density at radius 2 is 1.87 bits per heavy atom. The molecule has 3 rings (SSSR count). The highest BCUT2D eigenvalue weighted by atomic mass is 35.5. The summed E-state index contributed by atoms with van der Waals surface area (Å²) >= 11 is 6.26. The summed E-state index contributed by atoms with van der Waals surface area (Å²) < 4.78 is 1.80. The van der Waals surface area contributed by atoms with E-state index in [-0.39, 0.29) is 18.2 Å². The number of hydrogen-bond acceptors (Lipinski definition) is 3. The Kier molecular flexibility index (Phi) is 6.57. The lowest BCUT2D eigenvalue weighted by Gasteiger charge is -2.09. The summed E-state index contributed by atoms with van der Waals surface area (Å²) in [5, 5.41) is 10.9. The minimum Gasteiger partial charge on any atom is -0.352 e. The van der Waals surface area contributed by atoms with E-state index in [1.54, 1.807) is 28.9 Å². The van der Waals surface area contributed by atoms with E-state index in [9.17, 15) is 9.59 Å². The van der Waals surface area contributed by atoms with Gasteiger partial charge in [-0.25, -0.2) is 4.68 Å². The van der Waals surface area contributed by atoms with E-state index in [4.69, 9.17) is 11.6 Å². The van der Waals surface area contributed by atoms with Crippen molar-refractivity contribution in [3.8, 4) is 5.69 Å². The van der Waals surface area contributed by atoms with Gasteiger partial charge in [0.1, 0.15) is 0 Å². The number of carbonyl (C=O) groups is 2. The molecule has 3 aromatic rings. The Morgan fingerprint density at radius 3 is 2.57 bits per heavy atom. The zero-order valence-electron chi connectivity index (χ0n) is 17.5. The van der Waals surface area contributed by atoms with Crippen LogP contribution in [0.5, 0.6) is 0 Å². The lowest BCUT2D eigenvalue weighted by molar-refractivity contribution is -0.115. The Hall–Kier alpha value is -3.12. The molecule has 2 amide bonds. The van der Waals surface area contributed by atoms with Crippen LogP contribution in [0, 0.1) is 20.8 Å². The molecular weight excluding hydrogens is 400 g/mol. The Balaban J connectivity index is 1.78. The zero-order valence-corrected chi connectivity index (χ0v) is 18.3. The molecule has 0 atom stereocenters. The summed E-state index contributed by atoms with van der Waals surface area (Å²) in [6, 6.07) is 12.7. The minimum atomic E-state index is -0.171. The Morgan fingerprint density at radius 1 is 1.10 bits per heavy atom. The van der Waals surface area contributed by atoms with Crippen LogP contribution in [0.2, 0.25) is 5.02 Å². The molecule has 0 unspecified atom stereocenters. The molecule has 0 aliphatic carbocycles. The molecule has 1 aromatic heterocycles. The van der Waals surface area contributed by atoms with E-state index < -0.39 is 0 Å². The van der Waals surface area contributed by atoms with Crippen LogP contribution >= 0.6 is 11.6 Å². The van der Waals surface area contributed by atoms with Crippen molar-refractivity contribution in [1.29, 1.82) is 0 Å². The van der Waals surface area contributed by atoms with Gasteiger partial charge >= 0.3 is 0 Å². The molecule has 2 N–H and O–H groups in total. The van der Waals surface area contributed by atoms with Crippen LogP contribution in [-0.4, -0.2) is 28.1 Å². The van der Waals surface area contributed by atoms with E-state index in [0.717, 1.165) is 28.2 Å². The number of hydrogen-bond donors (Lipinski definition) is 2. The van der Waals surface area contributed by atoms with Crippen LogP contribution in [0.1, 0.15) is 39.8 Å². The second-order valence-corrected chi connectivity index (χ2v) is 7.57. The number of amides is 2. The van der Waals surface area contributed by atoms with E-state index in [1.165, 1.54) is 0 Å². The molecule has 0 saturated carbocycles. The summed E-state index contributed by atoms with van der Waals surface area (Å²) in [7, 11) is 0. The molecule has 0 aliphatic rings. The molecule has 0 spiro atoms. The molecule has 0 fully saturated rings. The third-order valence-electron chi connectivity index (χ3n) is 4.92. The van der Waals surface area contributed by atoms with Crippen molar-refractivity contribution >= 4 is 29.1 Å². The Labute approximate surface area is 181 Å². The summed E-state index contributed by atoms with van der Waals surface area (Å²) in [5.41, 5.74) is 5.48. The normalized spacial score (nSPS) is 10.7. The lowest BCUT2D eigenvalue weighted by atomic mass is 10.1. The Bertz CT molecular complexity index is 1100. The van der Waals surface area contributed by atoms with Gasteiger partial charge in [-0.05, 0) is 63.6 Å². The first-order chi connectivity index (χ1) is 14.3. The third-order valence-corrected chi connectivity index (χ3v) is 5.33. The molecule has 7 heteroatoms. The maximum absolute atomic E-state index is 12.7. The molecule has 2 aromatic carbocycles. The quantitative estimate of drug-likeness (QED) is 0.616. The smallest absolute Gasteiger partial charge is 0.251 e. The highest BCUT2D eigenvalue weighted by Crippen LogP contribution is 2.23. The van der Waals surface area contributed by atoms with E-state index >= 15 is 0 Å². The molecule has 30 heavy (non-hydrogen) atoms. The minimum absolute atomic E-state index is 0.168. The molecule has 0 radical (unpaired) electrons. The van der Waals surface area contributed by atoms with Crippen molar-refractivity contribution < 1.29 is 9.59 Å². The van der Waals surface area contributed by atoms with Gasteiger partial charge in [-0.15, -0.1) is 0 Å². The van der Waals surface area contributed by atoms with Gasteiger partial charge in [0.25, 0.3) is 5.91 Å². The number of anilines is 1. The van der Waals surface area contributed by atoms with Crippen molar-refractivity contribution in [1.82, 2.24) is 15.1 Å². The topological polar surface area (TPSA) is 76.0 Å². The molecule has 0 aliphatic heterocycles. The van der Waals surface area contributed by atoms with Crippen molar-refractivity contribution in [3.05, 3.63) is 75.6 Å². The number of aryl methyl sites for hydroxylation is 2. The summed E-state index contributed by atoms with van der Waals surface area (Å²) in [6.07, 6.45) is 0.183. The zero-order chi connectivity index (χ0) is 21.8. The van der Waals surface area contributed by atoms with Gasteiger partial charge in [-0.2, -0.15) is 5.10 Å². The fraction of sp³-hybridized carbons (Fsp3) is 0.261. The molecule has 6 nitrogen and oxygen atoms in total. The number of benzene rings is 2. The van der Waals surface area contributed by atoms with Crippen molar-refractivity contribution in [2.45, 2.75) is 34.1 Å². The molecule has 0 saturated heterocycles. The summed E-state index contributed by atoms with van der Waals surface area (Å²) in [4.78, 5) is 24.7. The predicted octanol–water partition coefficient (Wildman–Crippen LogP) is 4.38. The number of nitrogens with one attached hydrogen (secondary N) is 2. The largest absolute Gasteiger partial charge is 0.352 e. The standard InChI is InChI=1S/C23H25ClN4O2/c1-5-25-23(30)17-7-6-8-18(11-17)26-22(29)13-20-15(3)27-28(16(20)4)19-10-9-14(2)21(24)12-19/h6-12H,5,13H2,1-4H3,(H,25,30)(H,26,29). The fourth-order valence-corrected chi connectivity index (χ4v) is 3.44. The summed E-state index contributed by atoms with van der Waals surface area (Å²) in [6.45, 7) is 8.18. The van der Waals surface area contributed by atoms with Gasteiger partial charge < -0.3 is 10.6 Å². The predicted molar refractivity (Wildman–Crippen MR) is 120 cm³/mol. The first kappa shape index (κ1) is 21.6. The number of aromatic nitrogens is 2. The average Bonchev–Trinajstić information content (AvgIpc) is 2.98. The van der Waals surface area contributed by atoms with Gasteiger partial charge in [-0.1, -0.05) is 23.7 Å². The average molecular weight is 425 g/mol. The first-order valence-electron chi connectivity index (χ1n) is 9.80. The third kappa shape index (κ3) is 4.71. The maximum Gasteiger partial charge on any atom is 0.251 e. The van der Waals surface area contributed by atoms with Crippen LogP contribution in [-0.2, 0) is 11.2 Å². The van der Waals surface area contributed by atoms with Gasteiger partial charge in [0.05, 0.1) is 17.8 Å². The second kappa shape index (κ2) is 9.13. The fourth-order valence-electron chi connectivity index (χ4n) is 3.26. The number of rotatable bonds is 6. The van der Waals surface area contributed by atoms with Crippen LogP contribution in [0.25, 0.3) is 5.69 Å². The van der Waals surface area contributed by atoms with Gasteiger partial charge in [0, 0.05) is 34.1 Å². The highest BCUT2D eigenvalue weighted by molar-refractivity contribution is 6.31. The van der Waals surface area contributed by atoms with E-state index in [2.05, 4.69) is 15.7 Å². The number of nitrogens with zero attached hydrogens (tertiary/aromatic N) is 2. The maximum atomic E-state index is 12.7. The lowest BCUT2D eigenvalue weighted by Crippen LogP contribution is -2.23. The molecule has 0 bridgehead atoms. The van der Waals surface area contributed by atoms with E-state index in [1.807, 2.05) is 45.9 Å². The summed E-state index contributed by atoms with van der Waals surface area (Å²) in [5.74, 6) is -0.339. The SMILES string of the molecule is CCNC(=O)c1cccc(NC(=O)Cc2c(C)nn(-c3ccc(C)c(Cl)c3)c2C)c1. The van der Waals surface area contributed by atoms with Crippen molar-refractivity contribution in [2.24, 2.45) is 0 Å². The second-order valence-electron chi connectivity index (χ2n) is 7.16. The van der Waals surface area contributed by atoms with Crippen LogP contribution < -0.4 is 10.6 Å². The molecular formula is C23H25ClN4O2. The molecule has 1 heterocycles. The van der Waals surface area contributed by atoms with Crippen LogP contribution in [0.3, 0.4) is 0 Å². The first-order valence-corrected chi connectivity index (χ1v) is 10.2. The van der Waals surface area contributed by atoms with Gasteiger partial charge in [0.2, 0.25) is 5.91 Å². The van der Waals surface area contributed by atoms with Crippen molar-refractivity contribution in [2.75, 3.05) is 11.9 Å². The van der Waals surface area contributed by atoms with Crippen LogP contribution in [0.4, 0.5) is 5.69 Å². The number of halogens is 1. The van der Waals surface area contributed by atoms with Crippen LogP contribution in [0.15, 0.2) is 42.5 Å². The highest BCUT2D eigenvalue weighted by Gasteiger charge is 2.17. The molecule has 156 valence electrons. The van der Waals surface area contributed by atoms with Crippen molar-refractivity contribution in [3.63, 3.8) is 0 Å². The van der Waals surface area contributed by atoms with E-state index in [0.29, 0.717) is 22.8 Å². The van der Waals surface area contributed by atoms with Gasteiger partial charge in [-0.3, -0.25) is 9.59 Å².